The van der Waals surface area contributed by atoms with Crippen molar-refractivity contribution in [2.45, 2.75) is 19.8 Å². The van der Waals surface area contributed by atoms with Crippen LogP contribution >= 0.6 is 11.6 Å². The predicted octanol–water partition coefficient (Wildman–Crippen LogP) is 4.59. The number of nitrogens with one attached hydrogen (secondary N) is 1. The largest absolute Gasteiger partial charge is 0.484 e. The first kappa shape index (κ1) is 18.0. The van der Waals surface area contributed by atoms with E-state index in [-0.39, 0.29) is 18.4 Å². The number of benzene rings is 2. The van der Waals surface area contributed by atoms with Crippen molar-refractivity contribution < 1.29 is 13.9 Å². The number of hydrogen-bond donors (Lipinski definition) is 1. The van der Waals surface area contributed by atoms with Gasteiger partial charge in [0.25, 0.3) is 5.91 Å². The molecule has 0 bridgehead atoms. The second kappa shape index (κ2) is 7.62. The zero-order valence-electron chi connectivity index (χ0n) is 14.4. The molecule has 0 radical (unpaired) electrons. The van der Waals surface area contributed by atoms with Gasteiger partial charge in [-0.05, 0) is 47.9 Å². The van der Waals surface area contributed by atoms with Gasteiger partial charge >= 0.3 is 5.63 Å². The molecule has 1 heterocycles. The summed E-state index contributed by atoms with van der Waals surface area (Å²) in [6, 6.07) is 13.5. The van der Waals surface area contributed by atoms with E-state index >= 15 is 0 Å². The molecule has 134 valence electrons. The van der Waals surface area contributed by atoms with Crippen LogP contribution in [0.5, 0.6) is 5.75 Å². The molecule has 0 saturated carbocycles. The minimum Gasteiger partial charge on any atom is -0.484 e. The van der Waals surface area contributed by atoms with Gasteiger partial charge in [0, 0.05) is 28.2 Å². The zero-order valence-corrected chi connectivity index (χ0v) is 15.2. The van der Waals surface area contributed by atoms with E-state index < -0.39 is 5.63 Å². The predicted molar refractivity (Wildman–Crippen MR) is 102 cm³/mol. The SMILES string of the molecule is CC(C)c1cc(=O)oc2cc(OCC(=O)Nc3ccc(Cl)cc3)ccc12. The Bertz CT molecular complexity index is 993. The molecule has 0 unspecified atom stereocenters. The summed E-state index contributed by atoms with van der Waals surface area (Å²) in [5.41, 5.74) is 1.59. The number of fused-ring (bicyclic) bond motifs is 1. The number of ether oxygens (including phenoxy) is 1. The van der Waals surface area contributed by atoms with Crippen molar-refractivity contribution in [1.29, 1.82) is 0 Å². The minimum atomic E-state index is -0.404. The number of amides is 1. The van der Waals surface area contributed by atoms with E-state index in [0.29, 0.717) is 22.0 Å². The van der Waals surface area contributed by atoms with Crippen LogP contribution in [-0.2, 0) is 4.79 Å². The Morgan fingerprint density at radius 3 is 2.58 bits per heavy atom. The van der Waals surface area contributed by atoms with Crippen molar-refractivity contribution in [2.24, 2.45) is 0 Å². The summed E-state index contributed by atoms with van der Waals surface area (Å²) in [7, 11) is 0. The summed E-state index contributed by atoms with van der Waals surface area (Å²) >= 11 is 5.81. The molecule has 2 aromatic carbocycles. The van der Waals surface area contributed by atoms with Crippen molar-refractivity contribution in [3.63, 3.8) is 0 Å². The van der Waals surface area contributed by atoms with Gasteiger partial charge in [-0.1, -0.05) is 25.4 Å². The van der Waals surface area contributed by atoms with Gasteiger partial charge in [0.1, 0.15) is 11.3 Å². The molecule has 0 aliphatic heterocycles. The number of rotatable bonds is 5. The van der Waals surface area contributed by atoms with Crippen molar-refractivity contribution in [2.75, 3.05) is 11.9 Å². The van der Waals surface area contributed by atoms with Gasteiger partial charge in [0.2, 0.25) is 0 Å². The average molecular weight is 372 g/mol. The molecule has 0 aliphatic rings. The molecule has 1 amide bonds. The van der Waals surface area contributed by atoms with Gasteiger partial charge in [-0.3, -0.25) is 4.79 Å². The normalized spacial score (nSPS) is 10.9. The van der Waals surface area contributed by atoms with Gasteiger partial charge in [-0.2, -0.15) is 0 Å². The average Bonchev–Trinajstić information content (AvgIpc) is 2.60. The standard InChI is InChI=1S/C20H18ClNO4/c1-12(2)17-10-20(24)26-18-9-15(7-8-16(17)18)25-11-19(23)22-14-5-3-13(21)4-6-14/h3-10,12H,11H2,1-2H3,(H,22,23). The lowest BCUT2D eigenvalue weighted by Crippen LogP contribution is -2.20. The van der Waals surface area contributed by atoms with E-state index in [4.69, 9.17) is 20.8 Å². The first-order valence-electron chi connectivity index (χ1n) is 8.18. The number of anilines is 1. The molecule has 1 aromatic heterocycles. The molecule has 0 fully saturated rings. The van der Waals surface area contributed by atoms with E-state index in [9.17, 15) is 9.59 Å². The Hall–Kier alpha value is -2.79. The second-order valence-corrected chi connectivity index (χ2v) is 6.61. The lowest BCUT2D eigenvalue weighted by atomic mass is 10.00. The van der Waals surface area contributed by atoms with Crippen LogP contribution in [0.3, 0.4) is 0 Å². The second-order valence-electron chi connectivity index (χ2n) is 6.18. The minimum absolute atomic E-state index is 0.164. The van der Waals surface area contributed by atoms with Crippen molar-refractivity contribution in [3.05, 3.63) is 69.5 Å². The van der Waals surface area contributed by atoms with Crippen molar-refractivity contribution in [1.82, 2.24) is 0 Å². The van der Waals surface area contributed by atoms with Gasteiger partial charge in [0.15, 0.2) is 6.61 Å². The number of carbonyl (C=O) groups excluding carboxylic acids is 1. The third-order valence-electron chi connectivity index (χ3n) is 3.87. The number of hydrogen-bond acceptors (Lipinski definition) is 4. The van der Waals surface area contributed by atoms with Gasteiger partial charge < -0.3 is 14.5 Å². The maximum Gasteiger partial charge on any atom is 0.336 e. The lowest BCUT2D eigenvalue weighted by Gasteiger charge is -2.11. The van der Waals surface area contributed by atoms with Crippen molar-refractivity contribution >= 4 is 34.2 Å². The van der Waals surface area contributed by atoms with Gasteiger partial charge in [-0.25, -0.2) is 4.79 Å². The molecule has 6 heteroatoms. The lowest BCUT2D eigenvalue weighted by molar-refractivity contribution is -0.118. The summed E-state index contributed by atoms with van der Waals surface area (Å²) in [4.78, 5) is 23.7. The van der Waals surface area contributed by atoms with Crippen molar-refractivity contribution in [3.8, 4) is 5.75 Å². The summed E-state index contributed by atoms with van der Waals surface area (Å²) in [5, 5.41) is 4.17. The molecule has 3 rings (SSSR count). The number of carbonyl (C=O) groups is 1. The summed E-state index contributed by atoms with van der Waals surface area (Å²) in [6.07, 6.45) is 0. The Balaban J connectivity index is 1.72. The van der Waals surface area contributed by atoms with E-state index in [1.807, 2.05) is 19.9 Å². The van der Waals surface area contributed by atoms with Crippen LogP contribution in [0.4, 0.5) is 5.69 Å². The quantitative estimate of drug-likeness (QED) is 0.666. The zero-order chi connectivity index (χ0) is 18.7. The first-order valence-corrected chi connectivity index (χ1v) is 8.56. The van der Waals surface area contributed by atoms with Crippen LogP contribution in [-0.4, -0.2) is 12.5 Å². The third kappa shape index (κ3) is 4.24. The summed E-state index contributed by atoms with van der Waals surface area (Å²) in [5.74, 6) is 0.344. The van der Waals surface area contributed by atoms with Crippen LogP contribution in [0.1, 0.15) is 25.3 Å². The Morgan fingerprint density at radius 1 is 1.15 bits per heavy atom. The monoisotopic (exact) mass is 371 g/mol. The molecule has 0 aliphatic carbocycles. The molecule has 3 aromatic rings. The van der Waals surface area contributed by atoms with Crippen LogP contribution in [0.2, 0.25) is 5.02 Å². The van der Waals surface area contributed by atoms with Crippen LogP contribution in [0.15, 0.2) is 57.7 Å². The van der Waals surface area contributed by atoms with Crippen LogP contribution < -0.4 is 15.7 Å². The van der Waals surface area contributed by atoms with Gasteiger partial charge in [0.05, 0.1) is 0 Å². The molecule has 0 atom stereocenters. The van der Waals surface area contributed by atoms with E-state index in [0.717, 1.165) is 10.9 Å². The molecule has 0 saturated heterocycles. The Kier molecular flexibility index (Phi) is 5.28. The highest BCUT2D eigenvalue weighted by Crippen LogP contribution is 2.27. The van der Waals surface area contributed by atoms with Gasteiger partial charge in [-0.15, -0.1) is 0 Å². The third-order valence-corrected chi connectivity index (χ3v) is 4.12. The smallest absolute Gasteiger partial charge is 0.336 e. The van der Waals surface area contributed by atoms with Crippen LogP contribution in [0, 0.1) is 0 Å². The van der Waals surface area contributed by atoms with E-state index in [1.165, 1.54) is 6.07 Å². The molecular weight excluding hydrogens is 354 g/mol. The summed E-state index contributed by atoms with van der Waals surface area (Å²) < 4.78 is 10.8. The molecule has 0 spiro atoms. The molecule has 5 nitrogen and oxygen atoms in total. The maximum atomic E-state index is 12.0. The summed E-state index contributed by atoms with van der Waals surface area (Å²) in [6.45, 7) is 3.86. The van der Waals surface area contributed by atoms with E-state index in [2.05, 4.69) is 5.32 Å². The first-order chi connectivity index (χ1) is 12.4. The fraction of sp³-hybridized carbons (Fsp3) is 0.200. The highest BCUT2D eigenvalue weighted by molar-refractivity contribution is 6.30. The van der Waals surface area contributed by atoms with E-state index in [1.54, 1.807) is 36.4 Å². The molecular formula is C20H18ClNO4. The Labute approximate surface area is 155 Å². The number of halogens is 1. The molecule has 26 heavy (non-hydrogen) atoms. The fourth-order valence-electron chi connectivity index (χ4n) is 2.61. The Morgan fingerprint density at radius 2 is 1.88 bits per heavy atom. The molecule has 1 N–H and O–H groups in total. The highest BCUT2D eigenvalue weighted by Gasteiger charge is 2.11. The topological polar surface area (TPSA) is 68.5 Å². The maximum absolute atomic E-state index is 12.0. The fourth-order valence-corrected chi connectivity index (χ4v) is 2.74. The van der Waals surface area contributed by atoms with Crippen LogP contribution in [0.25, 0.3) is 11.0 Å². The highest BCUT2D eigenvalue weighted by atomic mass is 35.5.